The average molecular weight is 328 g/mol. The molecule has 0 unspecified atom stereocenters. The molecule has 0 aliphatic rings. The predicted molar refractivity (Wildman–Crippen MR) is 81.6 cm³/mol. The second-order valence-corrected chi connectivity index (χ2v) is 5.97. The minimum Gasteiger partial charge on any atom is -0.383 e. The van der Waals surface area contributed by atoms with E-state index in [-0.39, 0.29) is 5.78 Å². The Hall–Kier alpha value is -0.710. The van der Waals surface area contributed by atoms with Gasteiger partial charge in [0.1, 0.15) is 0 Å². The minimum absolute atomic E-state index is 0.157. The van der Waals surface area contributed by atoms with E-state index >= 15 is 0 Å². The van der Waals surface area contributed by atoms with Crippen molar-refractivity contribution in [2.24, 2.45) is 5.92 Å². The number of hydrogen-bond donors (Lipinski definition) is 0. The van der Waals surface area contributed by atoms with Crippen LogP contribution in [0.4, 0.5) is 0 Å². The molecule has 0 atom stereocenters. The summed E-state index contributed by atoms with van der Waals surface area (Å²) in [5, 5.41) is 0. The smallest absolute Gasteiger partial charge is 0.176 e. The van der Waals surface area contributed by atoms with Gasteiger partial charge >= 0.3 is 0 Å². The molecule has 1 aromatic carbocycles. The van der Waals surface area contributed by atoms with Gasteiger partial charge < -0.3 is 4.74 Å². The Bertz CT molecular complexity index is 390. The normalized spacial score (nSPS) is 11.3. The predicted octanol–water partition coefficient (Wildman–Crippen LogP) is 3.24. The monoisotopic (exact) mass is 327 g/mol. The minimum atomic E-state index is 0.157. The first-order valence-electron chi connectivity index (χ1n) is 6.53. The van der Waals surface area contributed by atoms with Gasteiger partial charge in [-0.05, 0) is 18.1 Å². The Balaban J connectivity index is 2.61. The summed E-state index contributed by atoms with van der Waals surface area (Å²) in [6.07, 6.45) is 0. The molecular formula is C15H22BrNO2. The lowest BCUT2D eigenvalue weighted by atomic mass is 10.1. The van der Waals surface area contributed by atoms with Crippen molar-refractivity contribution in [2.75, 3.05) is 33.4 Å². The average Bonchev–Trinajstić information content (AvgIpc) is 2.36. The second kappa shape index (κ2) is 8.46. The Labute approximate surface area is 124 Å². The van der Waals surface area contributed by atoms with Gasteiger partial charge in [-0.1, -0.05) is 41.9 Å². The first-order valence-corrected chi connectivity index (χ1v) is 7.32. The number of halogens is 1. The summed E-state index contributed by atoms with van der Waals surface area (Å²) in [7, 11) is 1.68. The molecule has 1 aromatic rings. The van der Waals surface area contributed by atoms with Crippen molar-refractivity contribution in [1.29, 1.82) is 0 Å². The molecule has 0 amide bonds. The number of carbonyl (C=O) groups is 1. The number of carbonyl (C=O) groups excluding carboxylic acids is 1. The van der Waals surface area contributed by atoms with Gasteiger partial charge in [0.25, 0.3) is 0 Å². The fraction of sp³-hybridized carbons (Fsp3) is 0.533. The number of hydrogen-bond acceptors (Lipinski definition) is 3. The molecule has 0 fully saturated rings. The summed E-state index contributed by atoms with van der Waals surface area (Å²) in [6, 6.07) is 7.51. The Kier molecular flexibility index (Phi) is 7.28. The molecule has 0 aromatic heterocycles. The maximum absolute atomic E-state index is 12.2. The third-order valence-electron chi connectivity index (χ3n) is 2.77. The lowest BCUT2D eigenvalue weighted by molar-refractivity contribution is 0.0881. The van der Waals surface area contributed by atoms with Crippen LogP contribution in [-0.2, 0) is 4.74 Å². The van der Waals surface area contributed by atoms with E-state index in [4.69, 9.17) is 4.74 Å². The van der Waals surface area contributed by atoms with Crippen molar-refractivity contribution >= 4 is 21.7 Å². The molecule has 0 radical (unpaired) electrons. The van der Waals surface area contributed by atoms with E-state index in [0.29, 0.717) is 19.1 Å². The van der Waals surface area contributed by atoms with Crippen molar-refractivity contribution in [3.8, 4) is 0 Å². The van der Waals surface area contributed by atoms with Crippen LogP contribution in [0.25, 0.3) is 0 Å². The van der Waals surface area contributed by atoms with Crippen LogP contribution in [0, 0.1) is 5.92 Å². The topological polar surface area (TPSA) is 29.5 Å². The molecule has 0 saturated carbocycles. The standard InChI is InChI=1S/C15H22BrNO2/c1-12(2)10-17(8-9-19-3)11-15(18)13-4-6-14(16)7-5-13/h4-7,12H,8-11H2,1-3H3. The largest absolute Gasteiger partial charge is 0.383 e. The zero-order valence-electron chi connectivity index (χ0n) is 11.9. The number of benzene rings is 1. The van der Waals surface area contributed by atoms with E-state index in [2.05, 4.69) is 34.7 Å². The highest BCUT2D eigenvalue weighted by Crippen LogP contribution is 2.11. The van der Waals surface area contributed by atoms with E-state index in [1.807, 2.05) is 24.3 Å². The summed E-state index contributed by atoms with van der Waals surface area (Å²) in [5.41, 5.74) is 0.759. The Morgan fingerprint density at radius 1 is 1.32 bits per heavy atom. The van der Waals surface area contributed by atoms with E-state index < -0.39 is 0 Å². The number of ether oxygens (including phenoxy) is 1. The summed E-state index contributed by atoms with van der Waals surface area (Å²) in [5.74, 6) is 0.693. The van der Waals surface area contributed by atoms with Crippen LogP contribution in [0.3, 0.4) is 0 Å². The lowest BCUT2D eigenvalue weighted by Gasteiger charge is -2.23. The number of methoxy groups -OCH3 is 1. The first kappa shape index (κ1) is 16.3. The summed E-state index contributed by atoms with van der Waals surface area (Å²) in [4.78, 5) is 14.4. The molecular weight excluding hydrogens is 306 g/mol. The fourth-order valence-electron chi connectivity index (χ4n) is 1.90. The molecule has 0 aliphatic heterocycles. The second-order valence-electron chi connectivity index (χ2n) is 5.05. The first-order chi connectivity index (χ1) is 9.02. The molecule has 1 rings (SSSR count). The van der Waals surface area contributed by atoms with Crippen LogP contribution in [0.15, 0.2) is 28.7 Å². The maximum Gasteiger partial charge on any atom is 0.176 e. The van der Waals surface area contributed by atoms with Gasteiger partial charge in [0.05, 0.1) is 13.2 Å². The summed E-state index contributed by atoms with van der Waals surface area (Å²) in [6.45, 7) is 7.11. The third kappa shape index (κ3) is 6.32. The highest BCUT2D eigenvalue weighted by molar-refractivity contribution is 9.10. The summed E-state index contributed by atoms with van der Waals surface area (Å²) < 4.78 is 6.09. The van der Waals surface area contributed by atoms with Gasteiger partial charge in [-0.25, -0.2) is 0 Å². The van der Waals surface area contributed by atoms with E-state index in [1.54, 1.807) is 7.11 Å². The third-order valence-corrected chi connectivity index (χ3v) is 3.30. The zero-order chi connectivity index (χ0) is 14.3. The highest BCUT2D eigenvalue weighted by atomic mass is 79.9. The highest BCUT2D eigenvalue weighted by Gasteiger charge is 2.13. The SMILES string of the molecule is COCCN(CC(=O)c1ccc(Br)cc1)CC(C)C. The molecule has 3 nitrogen and oxygen atoms in total. The van der Waals surface area contributed by atoms with Gasteiger partial charge in [-0.2, -0.15) is 0 Å². The van der Waals surface area contributed by atoms with Gasteiger partial charge in [-0.15, -0.1) is 0 Å². The molecule has 0 saturated heterocycles. The molecule has 0 aliphatic carbocycles. The number of nitrogens with zero attached hydrogens (tertiary/aromatic N) is 1. The van der Waals surface area contributed by atoms with Crippen molar-refractivity contribution in [3.63, 3.8) is 0 Å². The van der Waals surface area contributed by atoms with Crippen molar-refractivity contribution in [2.45, 2.75) is 13.8 Å². The van der Waals surface area contributed by atoms with Gasteiger partial charge in [0.2, 0.25) is 0 Å². The number of rotatable bonds is 8. The van der Waals surface area contributed by atoms with Gasteiger partial charge in [0.15, 0.2) is 5.78 Å². The lowest BCUT2D eigenvalue weighted by Crippen LogP contribution is -2.35. The van der Waals surface area contributed by atoms with Gasteiger partial charge in [-0.3, -0.25) is 9.69 Å². The number of Topliss-reactive ketones (excluding diaryl/α,β-unsaturated/α-hetero) is 1. The molecule has 0 spiro atoms. The van der Waals surface area contributed by atoms with Crippen LogP contribution in [-0.4, -0.2) is 44.0 Å². The fourth-order valence-corrected chi connectivity index (χ4v) is 2.17. The van der Waals surface area contributed by atoms with Crippen LogP contribution >= 0.6 is 15.9 Å². The number of ketones is 1. The maximum atomic E-state index is 12.2. The summed E-state index contributed by atoms with van der Waals surface area (Å²) >= 11 is 3.37. The zero-order valence-corrected chi connectivity index (χ0v) is 13.4. The van der Waals surface area contributed by atoms with E-state index in [0.717, 1.165) is 23.1 Å². The van der Waals surface area contributed by atoms with Gasteiger partial charge in [0, 0.05) is 30.2 Å². The van der Waals surface area contributed by atoms with Crippen LogP contribution in [0.1, 0.15) is 24.2 Å². The Morgan fingerprint density at radius 2 is 1.95 bits per heavy atom. The van der Waals surface area contributed by atoms with Crippen molar-refractivity contribution in [1.82, 2.24) is 4.90 Å². The Morgan fingerprint density at radius 3 is 2.47 bits per heavy atom. The van der Waals surface area contributed by atoms with Crippen LogP contribution in [0.5, 0.6) is 0 Å². The van der Waals surface area contributed by atoms with Crippen LogP contribution in [0.2, 0.25) is 0 Å². The molecule has 19 heavy (non-hydrogen) atoms. The molecule has 0 heterocycles. The van der Waals surface area contributed by atoms with Crippen LogP contribution < -0.4 is 0 Å². The van der Waals surface area contributed by atoms with Crippen molar-refractivity contribution in [3.05, 3.63) is 34.3 Å². The quantitative estimate of drug-likeness (QED) is 0.686. The van der Waals surface area contributed by atoms with Crippen molar-refractivity contribution < 1.29 is 9.53 Å². The molecule has 0 bridgehead atoms. The van der Waals surface area contributed by atoms with E-state index in [1.165, 1.54) is 0 Å². The molecule has 106 valence electrons. The molecule has 4 heteroatoms. The van der Waals surface area contributed by atoms with E-state index in [9.17, 15) is 4.79 Å². The molecule has 0 N–H and O–H groups in total.